The zero-order valence-electron chi connectivity index (χ0n) is 17.0. The topological polar surface area (TPSA) is 89.0 Å². The highest BCUT2D eigenvalue weighted by atomic mass is 35.5. The van der Waals surface area contributed by atoms with E-state index in [0.29, 0.717) is 39.4 Å². The van der Waals surface area contributed by atoms with Gasteiger partial charge in [-0.2, -0.15) is 5.10 Å². The van der Waals surface area contributed by atoms with E-state index in [0.717, 1.165) is 5.56 Å². The number of nitrogens with zero attached hydrogens (tertiary/aromatic N) is 1. The summed E-state index contributed by atoms with van der Waals surface area (Å²) < 4.78 is 11.2. The number of rotatable bonds is 7. The number of hydrazone groups is 1. The van der Waals surface area contributed by atoms with E-state index < -0.39 is 11.8 Å². The van der Waals surface area contributed by atoms with Crippen LogP contribution in [0, 0.1) is 0 Å². The molecule has 0 saturated heterocycles. The SMILES string of the molecule is COc1cc(/C=N/NC(=O)C(=O)Nc2ccc(Cl)cc2)ccc1OCc1ccc(Cl)cc1. The Labute approximate surface area is 194 Å². The van der Waals surface area contributed by atoms with Crippen molar-refractivity contribution in [2.24, 2.45) is 5.10 Å². The molecule has 0 radical (unpaired) electrons. The zero-order chi connectivity index (χ0) is 22.9. The minimum absolute atomic E-state index is 0.347. The summed E-state index contributed by atoms with van der Waals surface area (Å²) in [6, 6.07) is 18.9. The molecule has 2 amide bonds. The number of anilines is 1. The van der Waals surface area contributed by atoms with Gasteiger partial charge in [-0.1, -0.05) is 35.3 Å². The molecular formula is C23H19Cl2N3O4. The maximum absolute atomic E-state index is 11.9. The Morgan fingerprint density at radius 1 is 0.906 bits per heavy atom. The number of hydrogen-bond acceptors (Lipinski definition) is 5. The van der Waals surface area contributed by atoms with Gasteiger partial charge in [0.2, 0.25) is 0 Å². The fourth-order valence-corrected chi connectivity index (χ4v) is 2.81. The van der Waals surface area contributed by atoms with Crippen LogP contribution in [0.5, 0.6) is 11.5 Å². The highest BCUT2D eigenvalue weighted by Crippen LogP contribution is 2.28. The molecule has 0 aromatic heterocycles. The summed E-state index contributed by atoms with van der Waals surface area (Å²) in [4.78, 5) is 23.8. The molecule has 32 heavy (non-hydrogen) atoms. The third kappa shape index (κ3) is 6.73. The molecule has 0 aliphatic heterocycles. The average molecular weight is 472 g/mol. The third-order valence-corrected chi connectivity index (χ3v) is 4.69. The van der Waals surface area contributed by atoms with Crippen LogP contribution < -0.4 is 20.2 Å². The molecule has 164 valence electrons. The first-order valence-corrected chi connectivity index (χ1v) is 10.2. The Morgan fingerprint density at radius 2 is 1.56 bits per heavy atom. The van der Waals surface area contributed by atoms with Gasteiger partial charge in [0.1, 0.15) is 6.61 Å². The average Bonchev–Trinajstić information content (AvgIpc) is 2.80. The summed E-state index contributed by atoms with van der Waals surface area (Å²) in [5.41, 5.74) is 4.22. The Balaban J connectivity index is 1.55. The van der Waals surface area contributed by atoms with Crippen molar-refractivity contribution in [2.75, 3.05) is 12.4 Å². The second-order valence-corrected chi connectivity index (χ2v) is 7.36. The predicted molar refractivity (Wildman–Crippen MR) is 125 cm³/mol. The quantitative estimate of drug-likeness (QED) is 0.297. The van der Waals surface area contributed by atoms with E-state index in [-0.39, 0.29) is 0 Å². The molecule has 0 spiro atoms. The molecule has 0 heterocycles. The van der Waals surface area contributed by atoms with Gasteiger partial charge >= 0.3 is 11.8 Å². The molecule has 9 heteroatoms. The molecule has 0 aliphatic carbocycles. The molecule has 0 unspecified atom stereocenters. The Kier molecular flexibility index (Phi) is 8.08. The molecule has 0 bridgehead atoms. The van der Waals surface area contributed by atoms with E-state index >= 15 is 0 Å². The van der Waals surface area contributed by atoms with E-state index in [1.54, 1.807) is 54.6 Å². The number of nitrogens with one attached hydrogen (secondary N) is 2. The highest BCUT2D eigenvalue weighted by Gasteiger charge is 2.13. The number of carbonyl (C=O) groups is 2. The van der Waals surface area contributed by atoms with Crippen LogP contribution in [0.25, 0.3) is 0 Å². The van der Waals surface area contributed by atoms with Crippen LogP contribution >= 0.6 is 23.2 Å². The molecule has 3 aromatic rings. The van der Waals surface area contributed by atoms with Crippen molar-refractivity contribution in [3.8, 4) is 11.5 Å². The molecule has 3 aromatic carbocycles. The van der Waals surface area contributed by atoms with Gasteiger partial charge in [0.15, 0.2) is 11.5 Å². The van der Waals surface area contributed by atoms with Gasteiger partial charge in [0.25, 0.3) is 0 Å². The lowest BCUT2D eigenvalue weighted by Gasteiger charge is -2.11. The molecule has 0 aliphatic rings. The maximum Gasteiger partial charge on any atom is 0.329 e. The van der Waals surface area contributed by atoms with Gasteiger partial charge in [0, 0.05) is 15.7 Å². The van der Waals surface area contributed by atoms with Gasteiger partial charge in [-0.15, -0.1) is 0 Å². The molecule has 7 nitrogen and oxygen atoms in total. The number of hydrogen-bond donors (Lipinski definition) is 2. The maximum atomic E-state index is 11.9. The van der Waals surface area contributed by atoms with Crippen LogP contribution in [0.15, 0.2) is 71.8 Å². The van der Waals surface area contributed by atoms with Gasteiger partial charge in [0.05, 0.1) is 13.3 Å². The van der Waals surface area contributed by atoms with Crippen molar-refractivity contribution in [1.29, 1.82) is 0 Å². The van der Waals surface area contributed by atoms with Crippen LogP contribution in [0.1, 0.15) is 11.1 Å². The van der Waals surface area contributed by atoms with Crippen molar-refractivity contribution < 1.29 is 19.1 Å². The lowest BCUT2D eigenvalue weighted by Crippen LogP contribution is -2.32. The van der Waals surface area contributed by atoms with E-state index in [2.05, 4.69) is 15.8 Å². The van der Waals surface area contributed by atoms with Crippen LogP contribution in [-0.4, -0.2) is 25.1 Å². The van der Waals surface area contributed by atoms with Gasteiger partial charge < -0.3 is 14.8 Å². The second-order valence-electron chi connectivity index (χ2n) is 6.49. The summed E-state index contributed by atoms with van der Waals surface area (Å²) in [5, 5.41) is 7.44. The van der Waals surface area contributed by atoms with Crippen molar-refractivity contribution >= 4 is 46.9 Å². The monoisotopic (exact) mass is 471 g/mol. The summed E-state index contributed by atoms with van der Waals surface area (Å²) >= 11 is 11.7. The number of amides is 2. The summed E-state index contributed by atoms with van der Waals surface area (Å²) in [6.45, 7) is 0.347. The van der Waals surface area contributed by atoms with Crippen molar-refractivity contribution in [3.63, 3.8) is 0 Å². The fourth-order valence-electron chi connectivity index (χ4n) is 2.56. The molecule has 0 atom stereocenters. The molecule has 0 saturated carbocycles. The van der Waals surface area contributed by atoms with Crippen LogP contribution in [0.3, 0.4) is 0 Å². The minimum atomic E-state index is -0.911. The van der Waals surface area contributed by atoms with Crippen LogP contribution in [0.4, 0.5) is 5.69 Å². The number of benzene rings is 3. The second kappa shape index (κ2) is 11.2. The molecule has 2 N–H and O–H groups in total. The lowest BCUT2D eigenvalue weighted by atomic mass is 10.2. The molecule has 0 fully saturated rings. The van der Waals surface area contributed by atoms with Crippen LogP contribution in [-0.2, 0) is 16.2 Å². The minimum Gasteiger partial charge on any atom is -0.493 e. The van der Waals surface area contributed by atoms with E-state index in [1.165, 1.54) is 13.3 Å². The van der Waals surface area contributed by atoms with Gasteiger partial charge in [-0.3, -0.25) is 9.59 Å². The highest BCUT2D eigenvalue weighted by molar-refractivity contribution is 6.39. The first kappa shape index (κ1) is 23.1. The third-order valence-electron chi connectivity index (χ3n) is 4.18. The van der Waals surface area contributed by atoms with Crippen molar-refractivity contribution in [3.05, 3.63) is 87.9 Å². The zero-order valence-corrected chi connectivity index (χ0v) is 18.5. The first-order chi connectivity index (χ1) is 15.4. The lowest BCUT2D eigenvalue weighted by molar-refractivity contribution is -0.136. The van der Waals surface area contributed by atoms with E-state index in [9.17, 15) is 9.59 Å². The summed E-state index contributed by atoms with van der Waals surface area (Å²) in [7, 11) is 1.52. The molecular weight excluding hydrogens is 453 g/mol. The number of ether oxygens (including phenoxy) is 2. The van der Waals surface area contributed by atoms with E-state index in [4.69, 9.17) is 32.7 Å². The van der Waals surface area contributed by atoms with Crippen molar-refractivity contribution in [2.45, 2.75) is 6.61 Å². The molecule has 3 rings (SSSR count). The number of carbonyl (C=O) groups excluding carboxylic acids is 2. The van der Waals surface area contributed by atoms with Crippen molar-refractivity contribution in [1.82, 2.24) is 5.43 Å². The largest absolute Gasteiger partial charge is 0.493 e. The first-order valence-electron chi connectivity index (χ1n) is 9.40. The van der Waals surface area contributed by atoms with Crippen LogP contribution in [0.2, 0.25) is 10.0 Å². The number of methoxy groups -OCH3 is 1. The Hall–Kier alpha value is -3.55. The van der Waals surface area contributed by atoms with Gasteiger partial charge in [-0.05, 0) is 65.7 Å². The number of halogens is 2. The smallest absolute Gasteiger partial charge is 0.329 e. The standard InChI is InChI=1S/C23H19Cl2N3O4/c1-31-21-12-16(4-11-20(21)32-14-15-2-5-17(24)6-3-15)13-26-28-23(30)22(29)27-19-9-7-18(25)8-10-19/h2-13H,14H2,1H3,(H,27,29)(H,28,30)/b26-13+. The normalized spacial score (nSPS) is 10.6. The van der Waals surface area contributed by atoms with E-state index in [1.807, 2.05) is 12.1 Å². The predicted octanol–water partition coefficient (Wildman–Crippen LogP) is 4.67. The van der Waals surface area contributed by atoms with Gasteiger partial charge in [-0.25, -0.2) is 5.43 Å². The Morgan fingerprint density at radius 3 is 2.22 bits per heavy atom. The Bertz CT molecular complexity index is 1120. The fraction of sp³-hybridized carbons (Fsp3) is 0.0870. The summed E-state index contributed by atoms with van der Waals surface area (Å²) in [6.07, 6.45) is 1.39. The summed E-state index contributed by atoms with van der Waals surface area (Å²) in [5.74, 6) is -0.722.